The van der Waals surface area contributed by atoms with Gasteiger partial charge in [-0.25, -0.2) is 0 Å². The van der Waals surface area contributed by atoms with Crippen LogP contribution in [-0.2, 0) is 0 Å². The fourth-order valence-electron chi connectivity index (χ4n) is 2.18. The molecule has 2 aromatic carbocycles. The second kappa shape index (κ2) is 7.22. The number of nitro groups is 1. The number of hydrogen-bond donors (Lipinski definition) is 2. The van der Waals surface area contributed by atoms with E-state index in [-0.39, 0.29) is 11.6 Å². The molecular formula is C18H14N4O3. The SMILES string of the molecule is O=C(Nc1ccc([N+](=O)[O-])cc1)c1ccc(Nc2ccncc2)cc1. The van der Waals surface area contributed by atoms with Gasteiger partial charge in [0.1, 0.15) is 0 Å². The van der Waals surface area contributed by atoms with E-state index in [4.69, 9.17) is 0 Å². The Balaban J connectivity index is 1.65. The second-order valence-electron chi connectivity index (χ2n) is 5.20. The highest BCUT2D eigenvalue weighted by Crippen LogP contribution is 2.18. The van der Waals surface area contributed by atoms with Crippen LogP contribution in [0.5, 0.6) is 0 Å². The predicted octanol–water partition coefficient (Wildman–Crippen LogP) is 3.99. The first-order chi connectivity index (χ1) is 12.1. The Kier molecular flexibility index (Phi) is 4.66. The van der Waals surface area contributed by atoms with Crippen LogP contribution in [0.1, 0.15) is 10.4 Å². The molecule has 0 saturated heterocycles. The summed E-state index contributed by atoms with van der Waals surface area (Å²) in [7, 11) is 0. The molecule has 3 aromatic rings. The monoisotopic (exact) mass is 334 g/mol. The van der Waals surface area contributed by atoms with Gasteiger partial charge in [-0.15, -0.1) is 0 Å². The van der Waals surface area contributed by atoms with Crippen LogP contribution in [0, 0.1) is 10.1 Å². The van der Waals surface area contributed by atoms with Gasteiger partial charge in [0.05, 0.1) is 4.92 Å². The van der Waals surface area contributed by atoms with Crippen molar-refractivity contribution in [1.82, 2.24) is 4.98 Å². The van der Waals surface area contributed by atoms with Crippen LogP contribution in [0.25, 0.3) is 0 Å². The van der Waals surface area contributed by atoms with Crippen molar-refractivity contribution < 1.29 is 9.72 Å². The van der Waals surface area contributed by atoms with Crippen molar-refractivity contribution in [2.24, 2.45) is 0 Å². The first kappa shape index (κ1) is 16.1. The molecule has 0 aliphatic heterocycles. The summed E-state index contributed by atoms with van der Waals surface area (Å²) < 4.78 is 0. The number of nitrogens with zero attached hydrogens (tertiary/aromatic N) is 2. The third-order valence-electron chi connectivity index (χ3n) is 3.45. The minimum Gasteiger partial charge on any atom is -0.355 e. The lowest BCUT2D eigenvalue weighted by atomic mass is 10.2. The van der Waals surface area contributed by atoms with E-state index in [2.05, 4.69) is 15.6 Å². The van der Waals surface area contributed by atoms with Crippen molar-refractivity contribution in [3.63, 3.8) is 0 Å². The van der Waals surface area contributed by atoms with Crippen molar-refractivity contribution in [3.8, 4) is 0 Å². The quantitative estimate of drug-likeness (QED) is 0.543. The smallest absolute Gasteiger partial charge is 0.269 e. The summed E-state index contributed by atoms with van der Waals surface area (Å²) in [5.74, 6) is -0.288. The topological polar surface area (TPSA) is 97.2 Å². The van der Waals surface area contributed by atoms with Crippen LogP contribution < -0.4 is 10.6 Å². The third-order valence-corrected chi connectivity index (χ3v) is 3.45. The van der Waals surface area contributed by atoms with Crippen LogP contribution in [0.15, 0.2) is 73.1 Å². The lowest BCUT2D eigenvalue weighted by Crippen LogP contribution is -2.11. The average Bonchev–Trinajstić information content (AvgIpc) is 2.63. The summed E-state index contributed by atoms with van der Waals surface area (Å²) in [5, 5.41) is 16.5. The van der Waals surface area contributed by atoms with Gasteiger partial charge in [0.25, 0.3) is 11.6 Å². The number of aromatic nitrogens is 1. The summed E-state index contributed by atoms with van der Waals surface area (Å²) >= 11 is 0. The largest absolute Gasteiger partial charge is 0.355 e. The van der Waals surface area contributed by atoms with Gasteiger partial charge in [0.2, 0.25) is 0 Å². The van der Waals surface area contributed by atoms with Crippen molar-refractivity contribution in [3.05, 3.63) is 88.7 Å². The molecule has 0 saturated carbocycles. The van der Waals surface area contributed by atoms with E-state index in [0.717, 1.165) is 11.4 Å². The molecule has 1 amide bonds. The molecule has 0 bridgehead atoms. The third kappa shape index (κ3) is 4.17. The van der Waals surface area contributed by atoms with E-state index in [1.54, 1.807) is 36.7 Å². The summed E-state index contributed by atoms with van der Waals surface area (Å²) in [6.45, 7) is 0. The molecule has 0 atom stereocenters. The lowest BCUT2D eigenvalue weighted by molar-refractivity contribution is -0.384. The zero-order valence-electron chi connectivity index (χ0n) is 13.0. The fraction of sp³-hybridized carbons (Fsp3) is 0. The maximum Gasteiger partial charge on any atom is 0.269 e. The molecule has 3 rings (SSSR count). The first-order valence-electron chi connectivity index (χ1n) is 7.45. The maximum atomic E-state index is 12.2. The van der Waals surface area contributed by atoms with E-state index in [1.807, 2.05) is 12.1 Å². The van der Waals surface area contributed by atoms with Gasteiger partial charge >= 0.3 is 0 Å². The minimum atomic E-state index is -0.486. The number of nitro benzene ring substituents is 1. The van der Waals surface area contributed by atoms with Crippen molar-refractivity contribution >= 4 is 28.7 Å². The lowest BCUT2D eigenvalue weighted by Gasteiger charge is -2.08. The molecular weight excluding hydrogens is 320 g/mol. The number of hydrogen-bond acceptors (Lipinski definition) is 5. The molecule has 0 aliphatic rings. The molecule has 124 valence electrons. The number of carbonyl (C=O) groups excluding carboxylic acids is 1. The van der Waals surface area contributed by atoms with Gasteiger partial charge in [0.15, 0.2) is 0 Å². The van der Waals surface area contributed by atoms with Crippen molar-refractivity contribution in [1.29, 1.82) is 0 Å². The van der Waals surface area contributed by atoms with Gasteiger partial charge < -0.3 is 10.6 Å². The molecule has 1 aromatic heterocycles. The number of amides is 1. The van der Waals surface area contributed by atoms with Crippen LogP contribution in [-0.4, -0.2) is 15.8 Å². The number of non-ortho nitro benzene ring substituents is 1. The van der Waals surface area contributed by atoms with Crippen LogP contribution in [0.2, 0.25) is 0 Å². The Morgan fingerprint density at radius 1 is 0.840 bits per heavy atom. The predicted molar refractivity (Wildman–Crippen MR) is 95.0 cm³/mol. The Morgan fingerprint density at radius 2 is 1.40 bits per heavy atom. The van der Waals surface area contributed by atoms with Gasteiger partial charge in [-0.3, -0.25) is 19.9 Å². The zero-order chi connectivity index (χ0) is 17.6. The summed E-state index contributed by atoms with van der Waals surface area (Å²) in [4.78, 5) is 26.3. The van der Waals surface area contributed by atoms with Gasteiger partial charge in [-0.1, -0.05) is 0 Å². The number of benzene rings is 2. The minimum absolute atomic E-state index is 0.0236. The van der Waals surface area contributed by atoms with Crippen LogP contribution in [0.4, 0.5) is 22.7 Å². The molecule has 0 radical (unpaired) electrons. The highest BCUT2D eigenvalue weighted by molar-refractivity contribution is 6.04. The molecule has 0 aliphatic carbocycles. The molecule has 7 nitrogen and oxygen atoms in total. The first-order valence-corrected chi connectivity index (χ1v) is 7.45. The number of carbonyl (C=O) groups is 1. The normalized spacial score (nSPS) is 10.1. The molecule has 1 heterocycles. The highest BCUT2D eigenvalue weighted by Gasteiger charge is 2.08. The van der Waals surface area contributed by atoms with Crippen molar-refractivity contribution in [2.75, 3.05) is 10.6 Å². The second-order valence-corrected chi connectivity index (χ2v) is 5.20. The van der Waals surface area contributed by atoms with Crippen LogP contribution in [0.3, 0.4) is 0 Å². The van der Waals surface area contributed by atoms with E-state index >= 15 is 0 Å². The average molecular weight is 334 g/mol. The van der Waals surface area contributed by atoms with Gasteiger partial charge in [-0.05, 0) is 48.5 Å². The Morgan fingerprint density at radius 3 is 2.00 bits per heavy atom. The molecule has 7 heteroatoms. The van der Waals surface area contributed by atoms with Crippen LogP contribution >= 0.6 is 0 Å². The molecule has 0 spiro atoms. The number of rotatable bonds is 5. The summed E-state index contributed by atoms with van der Waals surface area (Å²) in [5.41, 5.74) is 2.70. The summed E-state index contributed by atoms with van der Waals surface area (Å²) in [6.07, 6.45) is 3.38. The number of anilines is 3. The number of pyridine rings is 1. The van der Waals surface area contributed by atoms with E-state index in [9.17, 15) is 14.9 Å². The Labute approximate surface area is 143 Å². The van der Waals surface area contributed by atoms with E-state index < -0.39 is 4.92 Å². The van der Waals surface area contributed by atoms with Gasteiger partial charge in [0, 0.05) is 47.2 Å². The maximum absolute atomic E-state index is 12.2. The molecule has 2 N–H and O–H groups in total. The fourth-order valence-corrected chi connectivity index (χ4v) is 2.18. The van der Waals surface area contributed by atoms with E-state index in [1.165, 1.54) is 24.3 Å². The van der Waals surface area contributed by atoms with E-state index in [0.29, 0.717) is 11.3 Å². The molecule has 0 fully saturated rings. The Hall–Kier alpha value is -3.74. The molecule has 0 unspecified atom stereocenters. The Bertz CT molecular complexity index is 878. The standard InChI is InChI=1S/C18H14N4O3/c23-18(21-15-5-7-17(8-6-15)22(24)25)13-1-3-14(4-2-13)20-16-9-11-19-12-10-16/h1-12H,(H,19,20)(H,21,23). The highest BCUT2D eigenvalue weighted by atomic mass is 16.6. The summed E-state index contributed by atoms with van der Waals surface area (Å²) in [6, 6.07) is 16.4. The van der Waals surface area contributed by atoms with Crippen molar-refractivity contribution in [2.45, 2.75) is 0 Å². The molecule has 25 heavy (non-hydrogen) atoms. The number of nitrogens with one attached hydrogen (secondary N) is 2. The zero-order valence-corrected chi connectivity index (χ0v) is 13.0. The van der Waals surface area contributed by atoms with Gasteiger partial charge in [-0.2, -0.15) is 0 Å².